The summed E-state index contributed by atoms with van der Waals surface area (Å²) in [5, 5.41) is 3.69. The van der Waals surface area contributed by atoms with Gasteiger partial charge in [0, 0.05) is 24.2 Å². The number of amides is 1. The van der Waals surface area contributed by atoms with Gasteiger partial charge in [-0.1, -0.05) is 39.0 Å². The quantitative estimate of drug-likeness (QED) is 0.722. The number of nitrogens with one attached hydrogen (secondary N) is 1. The number of ether oxygens (including phenoxy) is 1. The lowest BCUT2D eigenvalue weighted by Gasteiger charge is -2.23. The monoisotopic (exact) mass is 364 g/mol. The van der Waals surface area contributed by atoms with Crippen LogP contribution in [0, 0.1) is 0 Å². The summed E-state index contributed by atoms with van der Waals surface area (Å²) in [5.41, 5.74) is 2.81. The van der Waals surface area contributed by atoms with Gasteiger partial charge in [0.15, 0.2) is 0 Å². The number of para-hydroxylation sites is 1. The van der Waals surface area contributed by atoms with Gasteiger partial charge in [-0.15, -0.1) is 0 Å². The molecule has 0 bridgehead atoms. The maximum atomic E-state index is 13.1. The van der Waals surface area contributed by atoms with E-state index in [0.717, 1.165) is 11.3 Å². The molecule has 0 fully saturated rings. The maximum absolute atomic E-state index is 13.1. The number of aromatic nitrogens is 1. The van der Waals surface area contributed by atoms with Crippen LogP contribution < -0.4 is 10.1 Å². The zero-order valence-corrected chi connectivity index (χ0v) is 16.3. The Kier molecular flexibility index (Phi) is 4.79. The molecule has 0 saturated carbocycles. The first kappa shape index (κ1) is 18.7. The van der Waals surface area contributed by atoms with Gasteiger partial charge in [0.2, 0.25) is 5.91 Å². The Labute approximate surface area is 158 Å². The van der Waals surface area contributed by atoms with Gasteiger partial charge in [0.25, 0.3) is 5.91 Å². The van der Waals surface area contributed by atoms with Crippen molar-refractivity contribution in [2.45, 2.75) is 33.1 Å². The van der Waals surface area contributed by atoms with Crippen molar-refractivity contribution in [3.63, 3.8) is 0 Å². The number of rotatable bonds is 3. The summed E-state index contributed by atoms with van der Waals surface area (Å²) in [6, 6.07) is 13.1. The smallest absolute Gasteiger partial charge is 0.257 e. The molecule has 1 N–H and O–H groups in total. The average Bonchev–Trinajstić information content (AvgIpc) is 3.00. The minimum atomic E-state index is -0.259. The Bertz CT molecular complexity index is 1030. The number of anilines is 1. The van der Waals surface area contributed by atoms with Crippen LogP contribution in [0.3, 0.4) is 0 Å². The third-order valence-electron chi connectivity index (χ3n) is 4.58. The molecule has 0 saturated heterocycles. The number of carbonyl (C=O) groups is 2. The Balaban J connectivity index is 2.08. The number of carbonyl (C=O) groups excluding carboxylic acids is 2. The van der Waals surface area contributed by atoms with Crippen molar-refractivity contribution in [2.75, 3.05) is 12.4 Å². The summed E-state index contributed by atoms with van der Waals surface area (Å²) >= 11 is 0. The molecule has 1 aromatic heterocycles. The Morgan fingerprint density at radius 2 is 1.78 bits per heavy atom. The Morgan fingerprint density at radius 1 is 1.07 bits per heavy atom. The van der Waals surface area contributed by atoms with Gasteiger partial charge in [0.1, 0.15) is 5.75 Å². The minimum absolute atomic E-state index is 0.111. The highest BCUT2D eigenvalue weighted by molar-refractivity contribution is 6.14. The normalized spacial score (nSPS) is 11.4. The molecule has 0 aliphatic rings. The van der Waals surface area contributed by atoms with E-state index in [1.165, 1.54) is 11.5 Å². The minimum Gasteiger partial charge on any atom is -0.497 e. The van der Waals surface area contributed by atoms with Gasteiger partial charge in [-0.2, -0.15) is 0 Å². The second-order valence-electron chi connectivity index (χ2n) is 7.56. The lowest BCUT2D eigenvalue weighted by atomic mass is 9.86. The van der Waals surface area contributed by atoms with Gasteiger partial charge < -0.3 is 10.1 Å². The predicted octanol–water partition coefficient (Wildman–Crippen LogP) is 4.86. The average molecular weight is 364 g/mol. The molecule has 0 atom stereocenters. The van der Waals surface area contributed by atoms with Crippen LogP contribution in [0.25, 0.3) is 10.9 Å². The van der Waals surface area contributed by atoms with Crippen LogP contribution >= 0.6 is 0 Å². The number of nitrogens with zero attached hydrogens (tertiary/aromatic N) is 1. The molecule has 0 spiro atoms. The van der Waals surface area contributed by atoms with E-state index < -0.39 is 0 Å². The van der Waals surface area contributed by atoms with E-state index in [0.29, 0.717) is 22.2 Å². The first-order valence-electron chi connectivity index (χ1n) is 8.83. The van der Waals surface area contributed by atoms with Crippen LogP contribution in [0.4, 0.5) is 5.69 Å². The third kappa shape index (κ3) is 3.58. The van der Waals surface area contributed by atoms with Crippen LogP contribution in [0.2, 0.25) is 0 Å². The molecule has 5 nitrogen and oxygen atoms in total. The van der Waals surface area contributed by atoms with E-state index in [1.807, 2.05) is 24.3 Å². The number of methoxy groups -OCH3 is 1. The molecule has 0 unspecified atom stereocenters. The van der Waals surface area contributed by atoms with E-state index in [4.69, 9.17) is 4.74 Å². The van der Waals surface area contributed by atoms with Gasteiger partial charge in [-0.3, -0.25) is 14.2 Å². The zero-order chi connectivity index (χ0) is 19.8. The zero-order valence-electron chi connectivity index (χ0n) is 16.3. The SMILES string of the molecule is COc1ccc2c(c1)c(C(=O)Nc1ccccc1C(C)(C)C)cn2C(C)=O. The molecule has 2 aromatic carbocycles. The Morgan fingerprint density at radius 3 is 2.41 bits per heavy atom. The van der Waals surface area contributed by atoms with Crippen molar-refractivity contribution in [3.05, 3.63) is 59.8 Å². The molecule has 0 aliphatic heterocycles. The largest absolute Gasteiger partial charge is 0.497 e. The molecule has 3 aromatic rings. The highest BCUT2D eigenvalue weighted by Gasteiger charge is 2.21. The van der Waals surface area contributed by atoms with Gasteiger partial charge >= 0.3 is 0 Å². The number of benzene rings is 2. The molecule has 27 heavy (non-hydrogen) atoms. The van der Waals surface area contributed by atoms with Crippen LogP contribution in [-0.4, -0.2) is 23.5 Å². The Hall–Kier alpha value is -3.08. The van der Waals surface area contributed by atoms with E-state index in [2.05, 4.69) is 26.1 Å². The van der Waals surface area contributed by atoms with E-state index in [9.17, 15) is 9.59 Å². The fourth-order valence-corrected chi connectivity index (χ4v) is 3.21. The highest BCUT2D eigenvalue weighted by atomic mass is 16.5. The predicted molar refractivity (Wildman–Crippen MR) is 108 cm³/mol. The van der Waals surface area contributed by atoms with Crippen molar-refractivity contribution >= 4 is 28.4 Å². The molecule has 3 rings (SSSR count). The fourth-order valence-electron chi connectivity index (χ4n) is 3.21. The number of hydrogen-bond donors (Lipinski definition) is 1. The fraction of sp³-hybridized carbons (Fsp3) is 0.273. The van der Waals surface area contributed by atoms with Gasteiger partial charge in [0.05, 0.1) is 18.2 Å². The molecule has 0 radical (unpaired) electrons. The van der Waals surface area contributed by atoms with Crippen molar-refractivity contribution in [3.8, 4) is 5.75 Å². The maximum Gasteiger partial charge on any atom is 0.257 e. The van der Waals surface area contributed by atoms with E-state index in [1.54, 1.807) is 31.5 Å². The molecular weight excluding hydrogens is 340 g/mol. The van der Waals surface area contributed by atoms with Crippen LogP contribution in [0.1, 0.15) is 48.4 Å². The second-order valence-corrected chi connectivity index (χ2v) is 7.56. The standard InChI is InChI=1S/C22H24N2O3/c1-14(25)24-13-17(16-12-15(27-5)10-11-20(16)24)21(26)23-19-9-7-6-8-18(19)22(2,3)4/h6-13H,1-5H3,(H,23,26). The summed E-state index contributed by atoms with van der Waals surface area (Å²) < 4.78 is 6.77. The molecular formula is C22H24N2O3. The van der Waals surface area contributed by atoms with Crippen LogP contribution in [-0.2, 0) is 5.41 Å². The molecule has 1 amide bonds. The van der Waals surface area contributed by atoms with Crippen molar-refractivity contribution in [1.29, 1.82) is 0 Å². The van der Waals surface area contributed by atoms with Crippen LogP contribution in [0.15, 0.2) is 48.7 Å². The van der Waals surface area contributed by atoms with Crippen molar-refractivity contribution < 1.29 is 14.3 Å². The lowest BCUT2D eigenvalue weighted by Crippen LogP contribution is -2.18. The first-order chi connectivity index (χ1) is 12.7. The van der Waals surface area contributed by atoms with E-state index >= 15 is 0 Å². The molecule has 140 valence electrons. The van der Waals surface area contributed by atoms with Gasteiger partial charge in [-0.05, 0) is 35.2 Å². The lowest BCUT2D eigenvalue weighted by molar-refractivity contribution is 0.0941. The highest BCUT2D eigenvalue weighted by Crippen LogP contribution is 2.31. The molecule has 0 aliphatic carbocycles. The van der Waals surface area contributed by atoms with E-state index in [-0.39, 0.29) is 17.2 Å². The van der Waals surface area contributed by atoms with Crippen molar-refractivity contribution in [2.24, 2.45) is 0 Å². The number of fused-ring (bicyclic) bond motifs is 1. The van der Waals surface area contributed by atoms with Crippen LogP contribution in [0.5, 0.6) is 5.75 Å². The summed E-state index contributed by atoms with van der Waals surface area (Å²) in [6.45, 7) is 7.78. The molecule has 5 heteroatoms. The van der Waals surface area contributed by atoms with Gasteiger partial charge in [-0.25, -0.2) is 0 Å². The molecule has 1 heterocycles. The summed E-state index contributed by atoms with van der Waals surface area (Å²) in [4.78, 5) is 25.1. The topological polar surface area (TPSA) is 60.3 Å². The number of hydrogen-bond acceptors (Lipinski definition) is 3. The summed E-state index contributed by atoms with van der Waals surface area (Å²) in [5.74, 6) is 0.220. The second kappa shape index (κ2) is 6.91. The summed E-state index contributed by atoms with van der Waals surface area (Å²) in [6.07, 6.45) is 1.58. The first-order valence-corrected chi connectivity index (χ1v) is 8.83. The van der Waals surface area contributed by atoms with Crippen molar-refractivity contribution in [1.82, 2.24) is 4.57 Å². The summed E-state index contributed by atoms with van der Waals surface area (Å²) in [7, 11) is 1.57. The third-order valence-corrected chi connectivity index (χ3v) is 4.58.